The number of aliphatic carboxylic acids is 1. The monoisotopic (exact) mass is 826 g/mol. The lowest BCUT2D eigenvalue weighted by Crippen LogP contribution is -2.67. The van der Waals surface area contributed by atoms with Crippen molar-refractivity contribution in [1.82, 2.24) is 10.2 Å². The van der Waals surface area contributed by atoms with E-state index >= 15 is 0 Å². The zero-order valence-corrected chi connectivity index (χ0v) is 37.8. The second-order valence-electron chi connectivity index (χ2n) is 22.6. The zero-order valence-electron chi connectivity index (χ0n) is 37.0. The van der Waals surface area contributed by atoms with E-state index in [2.05, 4.69) is 53.8 Å². The van der Waals surface area contributed by atoms with Crippen LogP contribution in [-0.4, -0.2) is 84.2 Å². The molecule has 324 valence electrons. The third-order valence-corrected chi connectivity index (χ3v) is 20.1. The molecular formula is C46H70N2O9S. The summed E-state index contributed by atoms with van der Waals surface area (Å²) in [5, 5.41) is 12.8. The van der Waals surface area contributed by atoms with Gasteiger partial charge in [0.05, 0.1) is 28.8 Å². The molecule has 2 amide bonds. The molecule has 7 aliphatic rings. The summed E-state index contributed by atoms with van der Waals surface area (Å²) in [6.45, 7) is 23.4. The van der Waals surface area contributed by atoms with Gasteiger partial charge in [0.1, 0.15) is 11.6 Å². The fraction of sp³-hybridized carbons (Fsp3) is 0.848. The highest BCUT2D eigenvalue weighted by atomic mass is 32.2. The summed E-state index contributed by atoms with van der Waals surface area (Å²) >= 11 is 0. The molecule has 6 aliphatic carbocycles. The number of hydrogen-bond acceptors (Lipinski definition) is 8. The average molecular weight is 827 g/mol. The van der Waals surface area contributed by atoms with Gasteiger partial charge in [0, 0.05) is 24.9 Å². The van der Waals surface area contributed by atoms with E-state index in [1.165, 1.54) is 4.90 Å². The van der Waals surface area contributed by atoms with Gasteiger partial charge in [-0.05, 0) is 128 Å². The molecule has 11 nitrogen and oxygen atoms in total. The minimum atomic E-state index is -3.19. The van der Waals surface area contributed by atoms with Crippen molar-refractivity contribution in [2.45, 2.75) is 152 Å². The van der Waals surface area contributed by atoms with Gasteiger partial charge in [0.25, 0.3) is 0 Å². The van der Waals surface area contributed by atoms with Crippen LogP contribution in [0.4, 0.5) is 0 Å². The number of allylic oxidation sites excluding steroid dienone is 1. The van der Waals surface area contributed by atoms with Crippen LogP contribution in [0.15, 0.2) is 11.1 Å². The number of ketones is 1. The van der Waals surface area contributed by atoms with E-state index in [1.807, 2.05) is 13.8 Å². The molecule has 10 atom stereocenters. The molecule has 1 saturated heterocycles. The average Bonchev–Trinajstić information content (AvgIpc) is 3.42. The minimum Gasteiger partial charge on any atom is -0.481 e. The van der Waals surface area contributed by atoms with E-state index < -0.39 is 44.0 Å². The second-order valence-corrected chi connectivity index (χ2v) is 24.9. The molecule has 12 heteroatoms. The maximum atomic E-state index is 14.9. The molecule has 5 saturated carbocycles. The fourth-order valence-corrected chi connectivity index (χ4v) is 16.0. The molecule has 0 unspecified atom stereocenters. The first-order valence-corrected chi connectivity index (χ1v) is 24.0. The molecule has 0 bridgehead atoms. The first kappa shape index (κ1) is 43.3. The topological polar surface area (TPSA) is 164 Å². The van der Waals surface area contributed by atoms with Gasteiger partial charge >= 0.3 is 11.9 Å². The molecular weight excluding hydrogens is 757 g/mol. The quantitative estimate of drug-likeness (QED) is 0.264. The van der Waals surface area contributed by atoms with Crippen molar-refractivity contribution >= 4 is 39.4 Å². The highest BCUT2D eigenvalue weighted by molar-refractivity contribution is 7.91. The SMILES string of the molecule is CC(C)C1=C2[C@H]3CC[C@@H]4[C@@]5(C)CC[C@H](OC(=O)[C@H]6C[C@@H](C(=O)O)C6(C)C)C(C)(C)[C@@H]5CC[C@@]4(C)[C@]3(C)CC[C@@]2(C(=O)NC(C)(C)C(=O)N2CCS(=O)(=O)CC2)CC1=O. The van der Waals surface area contributed by atoms with E-state index in [0.29, 0.717) is 24.7 Å². The number of ether oxygens (including phenoxy) is 1. The molecule has 1 heterocycles. The number of carboxylic acid groups (broad SMARTS) is 1. The number of carbonyl (C=O) groups is 5. The molecule has 0 radical (unpaired) electrons. The van der Waals surface area contributed by atoms with Crippen LogP contribution in [0.1, 0.15) is 140 Å². The summed E-state index contributed by atoms with van der Waals surface area (Å²) in [5.41, 5.74) is -1.69. The lowest BCUT2D eigenvalue weighted by molar-refractivity contribution is -0.236. The summed E-state index contributed by atoms with van der Waals surface area (Å²) in [5.74, 6) is -2.10. The van der Waals surface area contributed by atoms with Gasteiger partial charge in [-0.3, -0.25) is 24.0 Å². The van der Waals surface area contributed by atoms with Gasteiger partial charge in [-0.25, -0.2) is 8.42 Å². The highest BCUT2D eigenvalue weighted by Gasteiger charge is 2.71. The highest BCUT2D eigenvalue weighted by Crippen LogP contribution is 2.77. The normalized spacial score (nSPS) is 41.3. The summed E-state index contributed by atoms with van der Waals surface area (Å²) in [6.07, 6.45) is 7.03. The third kappa shape index (κ3) is 6.11. The third-order valence-electron chi connectivity index (χ3n) is 18.5. The molecule has 7 rings (SSSR count). The largest absolute Gasteiger partial charge is 0.481 e. The first-order chi connectivity index (χ1) is 26.6. The summed E-state index contributed by atoms with van der Waals surface area (Å²) in [4.78, 5) is 69.9. The van der Waals surface area contributed by atoms with E-state index in [9.17, 15) is 37.5 Å². The lowest BCUT2D eigenvalue weighted by Gasteiger charge is -2.72. The van der Waals surface area contributed by atoms with Gasteiger partial charge in [-0.2, -0.15) is 0 Å². The van der Waals surface area contributed by atoms with Crippen LogP contribution < -0.4 is 5.32 Å². The molecule has 0 aromatic heterocycles. The summed E-state index contributed by atoms with van der Waals surface area (Å²) in [6, 6.07) is 0. The molecule has 58 heavy (non-hydrogen) atoms. The maximum Gasteiger partial charge on any atom is 0.309 e. The Bertz CT molecular complexity index is 1940. The number of fused-ring (bicyclic) bond motifs is 7. The number of rotatable bonds is 7. The second kappa shape index (κ2) is 13.6. The first-order valence-electron chi connectivity index (χ1n) is 22.1. The Hall–Kier alpha value is -2.76. The number of sulfone groups is 1. The molecule has 0 spiro atoms. The van der Waals surface area contributed by atoms with Crippen LogP contribution in [0.2, 0.25) is 0 Å². The van der Waals surface area contributed by atoms with Crippen molar-refractivity contribution < 1.29 is 42.2 Å². The van der Waals surface area contributed by atoms with Crippen LogP contribution in [0, 0.1) is 68.0 Å². The smallest absolute Gasteiger partial charge is 0.309 e. The maximum absolute atomic E-state index is 14.9. The Morgan fingerprint density at radius 3 is 2.05 bits per heavy atom. The van der Waals surface area contributed by atoms with Crippen molar-refractivity contribution in [1.29, 1.82) is 0 Å². The Morgan fingerprint density at radius 1 is 0.828 bits per heavy atom. The molecule has 1 aliphatic heterocycles. The van der Waals surface area contributed by atoms with Gasteiger partial charge in [-0.1, -0.05) is 62.3 Å². The predicted molar refractivity (Wildman–Crippen MR) is 220 cm³/mol. The number of nitrogens with zero attached hydrogens (tertiary/aromatic N) is 1. The number of hydrogen-bond donors (Lipinski definition) is 2. The lowest BCUT2D eigenvalue weighted by atomic mass is 9.33. The van der Waals surface area contributed by atoms with Crippen molar-refractivity contribution in [2.75, 3.05) is 24.6 Å². The molecule has 0 aromatic rings. The van der Waals surface area contributed by atoms with E-state index in [-0.39, 0.29) is 94.2 Å². The summed E-state index contributed by atoms with van der Waals surface area (Å²) < 4.78 is 30.6. The number of carboxylic acids is 1. The van der Waals surface area contributed by atoms with Crippen molar-refractivity contribution in [3.8, 4) is 0 Å². The van der Waals surface area contributed by atoms with Gasteiger partial charge in [0.15, 0.2) is 15.6 Å². The van der Waals surface area contributed by atoms with Crippen molar-refractivity contribution in [3.63, 3.8) is 0 Å². The Kier molecular flexibility index (Phi) is 10.2. The van der Waals surface area contributed by atoms with Crippen molar-refractivity contribution in [2.24, 2.45) is 68.0 Å². The Labute approximate surface area is 346 Å². The standard InChI is InChI=1S/C46H70N2O9S/c1-26(2)34-30(49)25-46(38(53)47-42(7,8)39(54)48-20-22-58(55,56)23-21-48)19-18-44(10)27(35(34)46)12-13-32-43(9)16-15-33(41(5,6)31(43)14-17-45(32,44)11)57-37(52)29-24-28(36(50)51)40(29,3)4/h26-29,31-33H,12-25H2,1-11H3,(H,47,53)(H,50,51)/t27-,28+,29-,31+,32-,33+,43+,44-,45-,46-/m1/s1. The Balaban J connectivity index is 1.14. The van der Waals surface area contributed by atoms with Crippen LogP contribution in [0.3, 0.4) is 0 Å². The molecule has 0 aromatic carbocycles. The zero-order chi connectivity index (χ0) is 43.0. The van der Waals surface area contributed by atoms with Crippen LogP contribution >= 0.6 is 0 Å². The van der Waals surface area contributed by atoms with E-state index in [1.54, 1.807) is 13.8 Å². The number of Topliss-reactive ketones (excluding diaryl/α,β-unsaturated/α-hetero) is 1. The number of esters is 1. The van der Waals surface area contributed by atoms with E-state index in [0.717, 1.165) is 56.1 Å². The van der Waals surface area contributed by atoms with Crippen LogP contribution in [0.25, 0.3) is 0 Å². The predicted octanol–water partition coefficient (Wildman–Crippen LogP) is 6.78. The van der Waals surface area contributed by atoms with Crippen LogP contribution in [0.5, 0.6) is 0 Å². The number of carbonyl (C=O) groups excluding carboxylic acids is 4. The van der Waals surface area contributed by atoms with Gasteiger partial charge in [-0.15, -0.1) is 0 Å². The Morgan fingerprint density at radius 2 is 1.47 bits per heavy atom. The van der Waals surface area contributed by atoms with Crippen molar-refractivity contribution in [3.05, 3.63) is 11.1 Å². The molecule has 6 fully saturated rings. The van der Waals surface area contributed by atoms with Gasteiger partial charge < -0.3 is 20.1 Å². The fourth-order valence-electron chi connectivity index (χ4n) is 14.8. The van der Waals surface area contributed by atoms with Gasteiger partial charge in [0.2, 0.25) is 11.8 Å². The summed E-state index contributed by atoms with van der Waals surface area (Å²) in [7, 11) is -3.19. The number of nitrogens with one attached hydrogen (secondary N) is 1. The molecule has 2 N–H and O–H groups in total. The number of amides is 2. The van der Waals surface area contributed by atoms with Crippen LogP contribution in [-0.2, 0) is 38.5 Å². The minimum absolute atomic E-state index is 0.0115. The van der Waals surface area contributed by atoms with E-state index in [4.69, 9.17) is 4.74 Å².